The van der Waals surface area contributed by atoms with Crippen LogP contribution < -0.4 is 0 Å². The van der Waals surface area contributed by atoms with Crippen molar-refractivity contribution in [2.24, 2.45) is 0 Å². The maximum Gasteiger partial charge on any atom is 0.252 e. The second kappa shape index (κ2) is 4.86. The number of fused-ring (bicyclic) bond motifs is 1. The first kappa shape index (κ1) is 13.1. The molecule has 1 aliphatic heterocycles. The van der Waals surface area contributed by atoms with Crippen LogP contribution in [0.3, 0.4) is 0 Å². The Morgan fingerprint density at radius 2 is 2.25 bits per heavy atom. The number of aryl methyl sites for hydroxylation is 1. The highest BCUT2D eigenvalue weighted by atomic mass is 35.5. The van der Waals surface area contributed by atoms with Crippen molar-refractivity contribution >= 4 is 34.4 Å². The Balaban J connectivity index is 2.16. The zero-order valence-corrected chi connectivity index (χ0v) is 11.7. The van der Waals surface area contributed by atoms with Crippen LogP contribution in [0.1, 0.15) is 18.3 Å². The lowest BCUT2D eigenvalue weighted by Crippen LogP contribution is -2.27. The van der Waals surface area contributed by atoms with E-state index in [9.17, 15) is 9.59 Å². The van der Waals surface area contributed by atoms with E-state index in [0.717, 1.165) is 5.52 Å². The van der Waals surface area contributed by atoms with Gasteiger partial charge in [-0.05, 0) is 6.07 Å². The fraction of sp³-hybridized carbons (Fsp3) is 0.385. The van der Waals surface area contributed by atoms with E-state index in [4.69, 9.17) is 11.6 Å². The molecular weight excluding hydrogens is 280 g/mol. The van der Waals surface area contributed by atoms with Crippen molar-refractivity contribution in [3.63, 3.8) is 0 Å². The molecule has 3 heterocycles. The largest absolute Gasteiger partial charge is 0.315 e. The molecule has 6 nitrogen and oxygen atoms in total. The van der Waals surface area contributed by atoms with E-state index in [2.05, 4.69) is 9.97 Å². The average molecular weight is 293 g/mol. The number of hydrogen-bond acceptors (Lipinski definition) is 4. The summed E-state index contributed by atoms with van der Waals surface area (Å²) in [5.74, 6) is 0.737. The van der Waals surface area contributed by atoms with Crippen molar-refractivity contribution in [2.45, 2.75) is 18.9 Å². The molecule has 104 valence electrons. The van der Waals surface area contributed by atoms with E-state index in [1.807, 2.05) is 4.57 Å². The van der Waals surface area contributed by atoms with Gasteiger partial charge in [0.05, 0.1) is 18.1 Å². The lowest BCUT2D eigenvalue weighted by molar-refractivity contribution is -0.137. The molecule has 20 heavy (non-hydrogen) atoms. The Hall–Kier alpha value is -1.95. The number of imidazole rings is 1. The Morgan fingerprint density at radius 1 is 1.45 bits per heavy atom. The molecule has 0 aromatic carbocycles. The van der Waals surface area contributed by atoms with Crippen molar-refractivity contribution in [1.82, 2.24) is 19.4 Å². The number of nitrogens with zero attached hydrogens (tertiary/aromatic N) is 4. The molecule has 0 saturated carbocycles. The maximum absolute atomic E-state index is 12.2. The first-order valence-corrected chi connectivity index (χ1v) is 6.84. The Morgan fingerprint density at radius 3 is 2.90 bits per heavy atom. The van der Waals surface area contributed by atoms with Crippen molar-refractivity contribution in [3.05, 3.63) is 24.3 Å². The van der Waals surface area contributed by atoms with E-state index in [-0.39, 0.29) is 18.2 Å². The van der Waals surface area contributed by atoms with E-state index in [1.54, 1.807) is 18.5 Å². The number of pyridine rings is 1. The molecule has 2 aromatic heterocycles. The van der Waals surface area contributed by atoms with Gasteiger partial charge in [0.25, 0.3) is 5.91 Å². The Kier molecular flexibility index (Phi) is 3.17. The molecule has 3 rings (SSSR count). The van der Waals surface area contributed by atoms with E-state index in [0.29, 0.717) is 23.6 Å². The topological polar surface area (TPSA) is 68.1 Å². The summed E-state index contributed by atoms with van der Waals surface area (Å²) in [6.45, 7) is 0. The van der Waals surface area contributed by atoms with Crippen molar-refractivity contribution in [3.8, 4) is 0 Å². The first-order chi connectivity index (χ1) is 9.63. The highest BCUT2D eigenvalue weighted by Gasteiger charge is 2.38. The Labute approximate surface area is 120 Å². The molecule has 7 heteroatoms. The van der Waals surface area contributed by atoms with Crippen LogP contribution in [-0.4, -0.2) is 44.2 Å². The number of halogens is 1. The lowest BCUT2D eigenvalue weighted by atomic mass is 10.2. The van der Waals surface area contributed by atoms with Gasteiger partial charge in [0.15, 0.2) is 0 Å². The number of hydrogen-bond donors (Lipinski definition) is 0. The lowest BCUT2D eigenvalue weighted by Gasteiger charge is -2.14. The van der Waals surface area contributed by atoms with Crippen molar-refractivity contribution in [1.29, 1.82) is 0 Å². The van der Waals surface area contributed by atoms with Gasteiger partial charge in [-0.15, -0.1) is 11.6 Å². The summed E-state index contributed by atoms with van der Waals surface area (Å²) in [6.07, 6.45) is 4.00. The molecule has 1 saturated heterocycles. The van der Waals surface area contributed by atoms with Crippen LogP contribution in [0.15, 0.2) is 18.5 Å². The van der Waals surface area contributed by atoms with Gasteiger partial charge in [-0.3, -0.25) is 19.5 Å². The van der Waals surface area contributed by atoms with Gasteiger partial charge in [0, 0.05) is 25.5 Å². The van der Waals surface area contributed by atoms with Gasteiger partial charge in [0.1, 0.15) is 17.4 Å². The molecular formula is C13H13ClN4O2. The number of aromatic nitrogens is 3. The average Bonchev–Trinajstić information content (AvgIpc) is 2.92. The highest BCUT2D eigenvalue weighted by molar-refractivity contribution is 6.18. The summed E-state index contributed by atoms with van der Waals surface area (Å²) in [5.41, 5.74) is 1.52. The fourth-order valence-electron chi connectivity index (χ4n) is 2.55. The minimum atomic E-state index is -0.530. The maximum atomic E-state index is 12.2. The van der Waals surface area contributed by atoms with Crippen LogP contribution in [-0.2, 0) is 16.0 Å². The molecule has 0 aliphatic carbocycles. The minimum absolute atomic E-state index is 0.165. The summed E-state index contributed by atoms with van der Waals surface area (Å²) in [5, 5.41) is 0. The van der Waals surface area contributed by atoms with Crippen LogP contribution in [0.5, 0.6) is 0 Å². The van der Waals surface area contributed by atoms with Crippen LogP contribution in [0.25, 0.3) is 11.0 Å². The number of amides is 2. The van der Waals surface area contributed by atoms with Gasteiger partial charge in [-0.2, -0.15) is 0 Å². The summed E-state index contributed by atoms with van der Waals surface area (Å²) in [7, 11) is 1.51. The van der Waals surface area contributed by atoms with Crippen LogP contribution in [0.2, 0.25) is 0 Å². The fourth-order valence-corrected chi connectivity index (χ4v) is 2.72. The number of carbonyl (C=O) groups is 2. The molecule has 0 bridgehead atoms. The second-order valence-corrected chi connectivity index (χ2v) is 5.09. The summed E-state index contributed by atoms with van der Waals surface area (Å²) < 4.78 is 1.82. The number of alkyl halides is 1. The van der Waals surface area contributed by atoms with Gasteiger partial charge in [-0.25, -0.2) is 4.98 Å². The summed E-state index contributed by atoms with van der Waals surface area (Å²) >= 11 is 5.80. The van der Waals surface area contributed by atoms with Crippen molar-refractivity contribution < 1.29 is 9.59 Å². The number of rotatable bonds is 3. The molecule has 2 aromatic rings. The Bertz CT molecular complexity index is 697. The van der Waals surface area contributed by atoms with Crippen LogP contribution in [0.4, 0.5) is 0 Å². The number of likely N-dealkylation sites (tertiary alicyclic amines) is 1. The quantitative estimate of drug-likeness (QED) is 0.628. The summed E-state index contributed by atoms with van der Waals surface area (Å²) in [6, 6.07) is 1.27. The third-order valence-electron chi connectivity index (χ3n) is 3.55. The third-order valence-corrected chi connectivity index (χ3v) is 3.74. The minimum Gasteiger partial charge on any atom is -0.315 e. The monoisotopic (exact) mass is 292 g/mol. The standard InChI is InChI=1S/C13H13ClN4O2/c1-17-12(19)6-10(13(17)20)18-9-3-5-15-7-8(9)16-11(18)2-4-14/h3,5,7,10H,2,4,6H2,1H3. The predicted octanol–water partition coefficient (Wildman–Crippen LogP) is 1.14. The van der Waals surface area contributed by atoms with Crippen LogP contribution >= 0.6 is 11.6 Å². The number of likely N-dealkylation sites (N-methyl/N-ethyl adjacent to an activating group) is 1. The van der Waals surface area contributed by atoms with Gasteiger partial charge in [-0.1, -0.05) is 0 Å². The van der Waals surface area contributed by atoms with E-state index in [1.165, 1.54) is 11.9 Å². The second-order valence-electron chi connectivity index (χ2n) is 4.71. The molecule has 0 spiro atoms. The highest BCUT2D eigenvalue weighted by Crippen LogP contribution is 2.29. The third kappa shape index (κ3) is 1.87. The van der Waals surface area contributed by atoms with E-state index >= 15 is 0 Å². The van der Waals surface area contributed by atoms with Gasteiger partial charge < -0.3 is 4.57 Å². The molecule has 0 radical (unpaired) electrons. The SMILES string of the molecule is CN1C(=O)CC(n2c(CCCl)nc3cnccc32)C1=O. The van der Waals surface area contributed by atoms with Gasteiger partial charge in [0.2, 0.25) is 5.91 Å². The smallest absolute Gasteiger partial charge is 0.252 e. The van der Waals surface area contributed by atoms with E-state index < -0.39 is 6.04 Å². The molecule has 1 aliphatic rings. The molecule has 2 amide bonds. The molecule has 1 fully saturated rings. The zero-order valence-electron chi connectivity index (χ0n) is 10.9. The predicted molar refractivity (Wildman–Crippen MR) is 73.4 cm³/mol. The molecule has 1 unspecified atom stereocenters. The number of imide groups is 1. The zero-order chi connectivity index (χ0) is 14.3. The normalized spacial score (nSPS) is 19.3. The van der Waals surface area contributed by atoms with Crippen molar-refractivity contribution in [2.75, 3.05) is 12.9 Å². The van der Waals surface area contributed by atoms with Crippen LogP contribution in [0, 0.1) is 0 Å². The molecule has 1 atom stereocenters. The first-order valence-electron chi connectivity index (χ1n) is 6.30. The molecule has 0 N–H and O–H groups in total. The summed E-state index contributed by atoms with van der Waals surface area (Å²) in [4.78, 5) is 33.6. The van der Waals surface area contributed by atoms with Gasteiger partial charge >= 0.3 is 0 Å². The number of carbonyl (C=O) groups excluding carboxylic acids is 2.